The summed E-state index contributed by atoms with van der Waals surface area (Å²) in [6.45, 7) is 3.15. The molecule has 0 bridgehead atoms. The first-order chi connectivity index (χ1) is 13.9. The Morgan fingerprint density at radius 2 is 1.93 bits per heavy atom. The van der Waals surface area contributed by atoms with Gasteiger partial charge in [0.15, 0.2) is 5.69 Å². The normalized spacial score (nSPS) is 20.4. The number of thiophene rings is 1. The zero-order valence-electron chi connectivity index (χ0n) is 15.5. The van der Waals surface area contributed by atoms with Crippen LogP contribution in [0.1, 0.15) is 28.2 Å². The Kier molecular flexibility index (Phi) is 4.40. The van der Waals surface area contributed by atoms with Crippen LogP contribution in [0.15, 0.2) is 36.4 Å². The van der Waals surface area contributed by atoms with E-state index >= 15 is 0 Å². The minimum atomic E-state index is -4.59. The van der Waals surface area contributed by atoms with Gasteiger partial charge in [0.05, 0.1) is 10.6 Å². The maximum Gasteiger partial charge on any atom is 0.435 e. The van der Waals surface area contributed by atoms with Crippen LogP contribution in [0.2, 0.25) is 0 Å². The van der Waals surface area contributed by atoms with Crippen molar-refractivity contribution in [3.63, 3.8) is 0 Å². The average Bonchev–Trinajstić information content (AvgIpc) is 3.41. The largest absolute Gasteiger partial charge is 0.435 e. The van der Waals surface area contributed by atoms with Gasteiger partial charge >= 0.3 is 6.18 Å². The molecule has 5 nitrogen and oxygen atoms in total. The third kappa shape index (κ3) is 3.22. The molecule has 0 radical (unpaired) electrons. The van der Waals surface area contributed by atoms with E-state index in [-0.39, 0.29) is 11.3 Å². The van der Waals surface area contributed by atoms with Gasteiger partial charge in [-0.25, -0.2) is 4.68 Å². The molecule has 1 aromatic carbocycles. The highest BCUT2D eigenvalue weighted by molar-refractivity contribution is 7.20. The lowest BCUT2D eigenvalue weighted by atomic mass is 10.1. The number of fused-ring (bicyclic) bond motifs is 2. The molecule has 0 spiro atoms. The molecule has 2 aliphatic heterocycles. The highest BCUT2D eigenvalue weighted by Gasteiger charge is 2.39. The molecule has 1 atom stereocenters. The molecule has 152 valence electrons. The fraction of sp³-hybridized carbons (Fsp3) is 0.400. The molecular weight excluding hydrogens is 401 g/mol. The molecule has 0 N–H and O–H groups in total. The van der Waals surface area contributed by atoms with Gasteiger partial charge in [0, 0.05) is 31.1 Å². The summed E-state index contributed by atoms with van der Waals surface area (Å²) in [6.07, 6.45) is -2.38. The number of aromatic nitrogens is 2. The SMILES string of the molecule is O=C(c1cc2c(C(F)(F)F)nn(-c3ccccc3)c2s1)N1CCN2CCC[C@H]2C1. The maximum absolute atomic E-state index is 13.6. The third-order valence-electron chi connectivity index (χ3n) is 5.71. The number of piperazine rings is 1. The number of nitrogens with zero attached hydrogens (tertiary/aromatic N) is 4. The van der Waals surface area contributed by atoms with Gasteiger partial charge in [-0.2, -0.15) is 18.3 Å². The standard InChI is InChI=1S/C20H19F3N4OS/c21-20(22,23)17-15-11-16(18(28)26-10-9-25-8-4-7-14(25)12-26)29-19(15)27(24-17)13-5-2-1-3-6-13/h1-3,5-6,11,14H,4,7-10,12H2/t14-/m0/s1. The van der Waals surface area contributed by atoms with Crippen LogP contribution < -0.4 is 0 Å². The summed E-state index contributed by atoms with van der Waals surface area (Å²) in [7, 11) is 0. The average molecular weight is 420 g/mol. The van der Waals surface area contributed by atoms with Crippen molar-refractivity contribution in [1.82, 2.24) is 19.6 Å². The fourth-order valence-electron chi connectivity index (χ4n) is 4.30. The Morgan fingerprint density at radius 1 is 1.14 bits per heavy atom. The number of benzene rings is 1. The number of para-hydroxylation sites is 1. The summed E-state index contributed by atoms with van der Waals surface area (Å²) in [5.41, 5.74) is -0.416. The maximum atomic E-state index is 13.6. The van der Waals surface area contributed by atoms with Crippen LogP contribution in [0, 0.1) is 0 Å². The Labute approximate surface area is 169 Å². The van der Waals surface area contributed by atoms with Crippen molar-refractivity contribution in [3.8, 4) is 5.69 Å². The quantitative estimate of drug-likeness (QED) is 0.629. The second-order valence-electron chi connectivity index (χ2n) is 7.51. The summed E-state index contributed by atoms with van der Waals surface area (Å²) in [5, 5.41) is 3.80. The van der Waals surface area contributed by atoms with Crippen molar-refractivity contribution >= 4 is 27.5 Å². The van der Waals surface area contributed by atoms with Gasteiger partial charge in [-0.3, -0.25) is 9.69 Å². The molecule has 2 saturated heterocycles. The highest BCUT2D eigenvalue weighted by Crippen LogP contribution is 2.39. The van der Waals surface area contributed by atoms with E-state index in [0.29, 0.717) is 34.5 Å². The molecular formula is C20H19F3N4OS. The van der Waals surface area contributed by atoms with Crippen LogP contribution in [0.25, 0.3) is 15.9 Å². The van der Waals surface area contributed by atoms with E-state index in [1.807, 2.05) is 0 Å². The molecule has 29 heavy (non-hydrogen) atoms. The zero-order chi connectivity index (χ0) is 20.2. The van der Waals surface area contributed by atoms with Gasteiger partial charge in [-0.05, 0) is 37.6 Å². The Hall–Kier alpha value is -2.39. The fourth-order valence-corrected chi connectivity index (χ4v) is 5.40. The smallest absolute Gasteiger partial charge is 0.335 e. The van der Waals surface area contributed by atoms with Crippen LogP contribution in [0.4, 0.5) is 13.2 Å². The monoisotopic (exact) mass is 420 g/mol. The zero-order valence-corrected chi connectivity index (χ0v) is 16.3. The summed E-state index contributed by atoms with van der Waals surface area (Å²) >= 11 is 1.08. The van der Waals surface area contributed by atoms with E-state index in [1.54, 1.807) is 35.2 Å². The predicted molar refractivity (Wildman–Crippen MR) is 104 cm³/mol. The molecule has 2 aliphatic rings. The van der Waals surface area contributed by atoms with E-state index in [2.05, 4.69) is 10.00 Å². The van der Waals surface area contributed by atoms with Crippen molar-refractivity contribution in [1.29, 1.82) is 0 Å². The van der Waals surface area contributed by atoms with Crippen molar-refractivity contribution in [2.24, 2.45) is 0 Å². The first-order valence-corrected chi connectivity index (χ1v) is 10.4. The van der Waals surface area contributed by atoms with Crippen molar-refractivity contribution in [2.45, 2.75) is 25.1 Å². The molecule has 2 aromatic heterocycles. The van der Waals surface area contributed by atoms with Crippen LogP contribution in [0.5, 0.6) is 0 Å². The second kappa shape index (κ2) is 6.84. The minimum absolute atomic E-state index is 0.0193. The van der Waals surface area contributed by atoms with Crippen LogP contribution in [0.3, 0.4) is 0 Å². The number of halogens is 3. The first-order valence-electron chi connectivity index (χ1n) is 9.60. The summed E-state index contributed by atoms with van der Waals surface area (Å²) in [4.78, 5) is 17.9. The van der Waals surface area contributed by atoms with E-state index < -0.39 is 11.9 Å². The van der Waals surface area contributed by atoms with E-state index in [9.17, 15) is 18.0 Å². The van der Waals surface area contributed by atoms with E-state index in [1.165, 1.54) is 10.7 Å². The van der Waals surface area contributed by atoms with Gasteiger partial charge in [0.2, 0.25) is 0 Å². The first kappa shape index (κ1) is 18.6. The van der Waals surface area contributed by atoms with Gasteiger partial charge in [-0.1, -0.05) is 18.2 Å². The molecule has 5 rings (SSSR count). The van der Waals surface area contributed by atoms with Gasteiger partial charge in [0.1, 0.15) is 4.83 Å². The number of carbonyl (C=O) groups excluding carboxylic acids is 1. The minimum Gasteiger partial charge on any atom is -0.335 e. The topological polar surface area (TPSA) is 41.4 Å². The van der Waals surface area contributed by atoms with Crippen LogP contribution in [-0.4, -0.2) is 57.7 Å². The molecule has 0 unspecified atom stereocenters. The van der Waals surface area contributed by atoms with E-state index in [4.69, 9.17) is 0 Å². The van der Waals surface area contributed by atoms with Gasteiger partial charge < -0.3 is 4.90 Å². The molecule has 1 amide bonds. The van der Waals surface area contributed by atoms with E-state index in [0.717, 1.165) is 37.3 Å². The number of alkyl halides is 3. The second-order valence-corrected chi connectivity index (χ2v) is 8.54. The summed E-state index contributed by atoms with van der Waals surface area (Å²) in [6, 6.07) is 10.4. The Balaban J connectivity index is 1.54. The van der Waals surface area contributed by atoms with Crippen molar-refractivity contribution in [3.05, 3.63) is 47.0 Å². The number of hydrogen-bond acceptors (Lipinski definition) is 4. The molecule has 0 saturated carbocycles. The number of carbonyl (C=O) groups is 1. The number of amides is 1. The summed E-state index contributed by atoms with van der Waals surface area (Å²) in [5.74, 6) is -0.189. The number of rotatable bonds is 2. The van der Waals surface area contributed by atoms with Crippen LogP contribution >= 0.6 is 11.3 Å². The Bertz CT molecular complexity index is 1060. The van der Waals surface area contributed by atoms with Gasteiger partial charge in [0.25, 0.3) is 5.91 Å². The van der Waals surface area contributed by atoms with Crippen molar-refractivity contribution in [2.75, 3.05) is 26.2 Å². The van der Waals surface area contributed by atoms with Gasteiger partial charge in [-0.15, -0.1) is 11.3 Å². The predicted octanol–water partition coefficient (Wildman–Crippen LogP) is 4.03. The third-order valence-corrected chi connectivity index (χ3v) is 6.81. The summed E-state index contributed by atoms with van der Waals surface area (Å²) < 4.78 is 42.0. The lowest BCUT2D eigenvalue weighted by Crippen LogP contribution is -2.51. The molecule has 2 fully saturated rings. The highest BCUT2D eigenvalue weighted by atomic mass is 32.1. The molecule has 0 aliphatic carbocycles. The molecule has 4 heterocycles. The van der Waals surface area contributed by atoms with Crippen molar-refractivity contribution < 1.29 is 18.0 Å². The lowest BCUT2D eigenvalue weighted by molar-refractivity contribution is -0.140. The Morgan fingerprint density at radius 3 is 2.69 bits per heavy atom. The lowest BCUT2D eigenvalue weighted by Gasteiger charge is -2.37. The number of hydrogen-bond donors (Lipinski definition) is 0. The van der Waals surface area contributed by atoms with Crippen LogP contribution in [-0.2, 0) is 6.18 Å². The molecule has 9 heteroatoms. The molecule has 3 aromatic rings.